The van der Waals surface area contributed by atoms with Crippen molar-refractivity contribution in [3.63, 3.8) is 0 Å². The van der Waals surface area contributed by atoms with E-state index in [9.17, 15) is 4.79 Å². The van der Waals surface area contributed by atoms with Gasteiger partial charge in [0.2, 0.25) is 0 Å². The van der Waals surface area contributed by atoms with E-state index >= 15 is 0 Å². The molecule has 1 heterocycles. The molecule has 0 atom stereocenters. The zero-order valence-electron chi connectivity index (χ0n) is 10.6. The van der Waals surface area contributed by atoms with Gasteiger partial charge in [0.25, 0.3) is 0 Å². The molecule has 2 aromatic carbocycles. The number of fused-ring (bicyclic) bond motifs is 1. The lowest BCUT2D eigenvalue weighted by molar-refractivity contribution is 0.0696. The summed E-state index contributed by atoms with van der Waals surface area (Å²) >= 11 is 0. The highest BCUT2D eigenvalue weighted by atomic mass is 16.5. The second-order valence-corrected chi connectivity index (χ2v) is 4.40. The van der Waals surface area contributed by atoms with E-state index < -0.39 is 5.97 Å². The molecule has 0 saturated carbocycles. The van der Waals surface area contributed by atoms with Gasteiger partial charge in [-0.3, -0.25) is 0 Å². The van der Waals surface area contributed by atoms with Crippen LogP contribution in [0.1, 0.15) is 16.1 Å². The van der Waals surface area contributed by atoms with Gasteiger partial charge in [0.15, 0.2) is 0 Å². The zero-order chi connectivity index (χ0) is 13.9. The van der Waals surface area contributed by atoms with E-state index in [1.54, 1.807) is 0 Å². The monoisotopic (exact) mass is 268 g/mol. The summed E-state index contributed by atoms with van der Waals surface area (Å²) in [6.07, 6.45) is 1.21. The summed E-state index contributed by atoms with van der Waals surface area (Å²) in [6, 6.07) is 15.3. The Hall–Kier alpha value is -2.75. The first-order chi connectivity index (χ1) is 9.72. The minimum absolute atomic E-state index is 0.127. The molecule has 3 rings (SSSR count). The van der Waals surface area contributed by atoms with E-state index in [2.05, 4.69) is 0 Å². The maximum atomic E-state index is 10.7. The van der Waals surface area contributed by atoms with Gasteiger partial charge in [-0.05, 0) is 29.0 Å². The van der Waals surface area contributed by atoms with Crippen molar-refractivity contribution >= 4 is 16.7 Å². The molecule has 1 aromatic heterocycles. The molecule has 0 spiro atoms. The molecule has 0 bridgehead atoms. The molecule has 0 aliphatic heterocycles. The molecular formula is C16H12O4. The summed E-state index contributed by atoms with van der Waals surface area (Å²) < 4.78 is 10.7. The van der Waals surface area contributed by atoms with Crippen molar-refractivity contribution in [1.82, 2.24) is 0 Å². The third-order valence-electron chi connectivity index (χ3n) is 3.00. The van der Waals surface area contributed by atoms with Gasteiger partial charge in [0.1, 0.15) is 24.4 Å². The molecule has 4 nitrogen and oxygen atoms in total. The number of ether oxygens (including phenoxy) is 1. The van der Waals surface area contributed by atoms with Gasteiger partial charge in [-0.15, -0.1) is 0 Å². The molecule has 4 heteroatoms. The Morgan fingerprint density at radius 3 is 2.65 bits per heavy atom. The standard InChI is InChI=1S/C16H12O4/c17-16(18)13-8-15(19-9-13)10-20-14-6-5-11-3-1-2-4-12(11)7-14/h1-9H,10H2,(H,17,18). The normalized spacial score (nSPS) is 10.6. The highest BCUT2D eigenvalue weighted by Crippen LogP contribution is 2.21. The lowest BCUT2D eigenvalue weighted by atomic mass is 10.1. The van der Waals surface area contributed by atoms with Crippen LogP contribution in [0.25, 0.3) is 10.8 Å². The Bertz CT molecular complexity index is 758. The van der Waals surface area contributed by atoms with Crippen molar-refractivity contribution in [1.29, 1.82) is 0 Å². The van der Waals surface area contributed by atoms with E-state index in [1.165, 1.54) is 12.3 Å². The van der Waals surface area contributed by atoms with Crippen LogP contribution in [0.4, 0.5) is 0 Å². The van der Waals surface area contributed by atoms with Gasteiger partial charge in [0, 0.05) is 0 Å². The van der Waals surface area contributed by atoms with Crippen molar-refractivity contribution in [3.05, 3.63) is 66.1 Å². The van der Waals surface area contributed by atoms with Gasteiger partial charge >= 0.3 is 5.97 Å². The van der Waals surface area contributed by atoms with Crippen molar-refractivity contribution in [2.75, 3.05) is 0 Å². The Kier molecular flexibility index (Phi) is 3.13. The number of furan rings is 1. The first kappa shape index (κ1) is 12.3. The number of rotatable bonds is 4. The van der Waals surface area contributed by atoms with Crippen molar-refractivity contribution in [3.8, 4) is 5.75 Å². The van der Waals surface area contributed by atoms with Crippen molar-refractivity contribution in [2.24, 2.45) is 0 Å². The van der Waals surface area contributed by atoms with E-state index in [-0.39, 0.29) is 12.2 Å². The maximum absolute atomic E-state index is 10.7. The van der Waals surface area contributed by atoms with Crippen LogP contribution in [0.3, 0.4) is 0 Å². The second-order valence-electron chi connectivity index (χ2n) is 4.40. The molecule has 1 N–H and O–H groups in total. The van der Waals surface area contributed by atoms with Gasteiger partial charge in [-0.2, -0.15) is 0 Å². The van der Waals surface area contributed by atoms with Gasteiger partial charge in [-0.1, -0.05) is 30.3 Å². The smallest absolute Gasteiger partial charge is 0.338 e. The molecule has 3 aromatic rings. The molecule has 100 valence electrons. The van der Waals surface area contributed by atoms with Crippen LogP contribution in [0.2, 0.25) is 0 Å². The van der Waals surface area contributed by atoms with Crippen LogP contribution in [0.15, 0.2) is 59.2 Å². The molecule has 0 saturated heterocycles. The first-order valence-corrected chi connectivity index (χ1v) is 6.15. The SMILES string of the molecule is O=C(O)c1coc(COc2ccc3ccccc3c2)c1. The Morgan fingerprint density at radius 2 is 1.90 bits per heavy atom. The fourth-order valence-electron chi connectivity index (χ4n) is 1.98. The van der Waals surface area contributed by atoms with Crippen LogP contribution in [-0.2, 0) is 6.61 Å². The lowest BCUT2D eigenvalue weighted by Gasteiger charge is -2.05. The number of hydrogen-bond acceptors (Lipinski definition) is 3. The fraction of sp³-hybridized carbons (Fsp3) is 0.0625. The molecule has 20 heavy (non-hydrogen) atoms. The quantitative estimate of drug-likeness (QED) is 0.783. The van der Waals surface area contributed by atoms with Crippen LogP contribution < -0.4 is 4.74 Å². The number of benzene rings is 2. The molecule has 0 amide bonds. The highest BCUT2D eigenvalue weighted by Gasteiger charge is 2.08. The second kappa shape index (κ2) is 5.09. The number of carbonyl (C=O) groups is 1. The van der Waals surface area contributed by atoms with Crippen LogP contribution in [0, 0.1) is 0 Å². The van der Waals surface area contributed by atoms with E-state index in [4.69, 9.17) is 14.3 Å². The third-order valence-corrected chi connectivity index (χ3v) is 3.00. The topological polar surface area (TPSA) is 59.7 Å². The van der Waals surface area contributed by atoms with Crippen molar-refractivity contribution in [2.45, 2.75) is 6.61 Å². The van der Waals surface area contributed by atoms with Crippen LogP contribution in [0.5, 0.6) is 5.75 Å². The molecule has 0 aliphatic rings. The summed E-state index contributed by atoms with van der Waals surface area (Å²) in [5.41, 5.74) is 0.127. The molecule has 0 unspecified atom stereocenters. The van der Waals surface area contributed by atoms with Gasteiger partial charge in [-0.25, -0.2) is 4.79 Å². The predicted octanol–water partition coefficient (Wildman–Crippen LogP) is 3.71. The number of carboxylic acid groups (broad SMARTS) is 1. The first-order valence-electron chi connectivity index (χ1n) is 6.15. The van der Waals surface area contributed by atoms with E-state index in [0.29, 0.717) is 5.76 Å². The highest BCUT2D eigenvalue weighted by molar-refractivity contribution is 5.87. The largest absolute Gasteiger partial charge is 0.486 e. The number of aromatic carboxylic acids is 1. The zero-order valence-corrected chi connectivity index (χ0v) is 10.6. The Morgan fingerprint density at radius 1 is 1.10 bits per heavy atom. The fourth-order valence-corrected chi connectivity index (χ4v) is 1.98. The average molecular weight is 268 g/mol. The number of hydrogen-bond donors (Lipinski definition) is 1. The maximum Gasteiger partial charge on any atom is 0.338 e. The summed E-state index contributed by atoms with van der Waals surface area (Å²) in [4.78, 5) is 10.7. The molecule has 0 aliphatic carbocycles. The Balaban J connectivity index is 1.74. The van der Waals surface area contributed by atoms with Crippen LogP contribution >= 0.6 is 0 Å². The minimum Gasteiger partial charge on any atom is -0.486 e. The van der Waals surface area contributed by atoms with Crippen molar-refractivity contribution < 1.29 is 19.1 Å². The van der Waals surface area contributed by atoms with Gasteiger partial charge in [0.05, 0.1) is 5.56 Å². The average Bonchev–Trinajstić information content (AvgIpc) is 2.94. The third kappa shape index (κ3) is 2.49. The molecule has 0 radical (unpaired) electrons. The Labute approximate surface area is 115 Å². The van der Waals surface area contributed by atoms with Crippen LogP contribution in [-0.4, -0.2) is 11.1 Å². The molecule has 0 fully saturated rings. The predicted molar refractivity (Wildman–Crippen MR) is 73.9 cm³/mol. The minimum atomic E-state index is -1.01. The van der Waals surface area contributed by atoms with E-state index in [0.717, 1.165) is 16.5 Å². The number of carboxylic acids is 1. The summed E-state index contributed by atoms with van der Waals surface area (Å²) in [7, 11) is 0. The van der Waals surface area contributed by atoms with Gasteiger partial charge < -0.3 is 14.3 Å². The van der Waals surface area contributed by atoms with E-state index in [1.807, 2.05) is 42.5 Å². The summed E-state index contributed by atoms with van der Waals surface area (Å²) in [5, 5.41) is 11.0. The summed E-state index contributed by atoms with van der Waals surface area (Å²) in [6.45, 7) is 0.200. The molecular weight excluding hydrogens is 256 g/mol. The lowest BCUT2D eigenvalue weighted by Crippen LogP contribution is -1.95. The summed E-state index contributed by atoms with van der Waals surface area (Å²) in [5.74, 6) is 0.193.